The lowest BCUT2D eigenvalue weighted by atomic mass is 10.1. The number of carbonyl (C=O) groups is 1. The number of rotatable bonds is 4. The highest BCUT2D eigenvalue weighted by Crippen LogP contribution is 2.21. The lowest BCUT2D eigenvalue weighted by Crippen LogP contribution is -2.46. The molecule has 0 radical (unpaired) electrons. The summed E-state index contributed by atoms with van der Waals surface area (Å²) >= 11 is 3.11. The van der Waals surface area contributed by atoms with Crippen LogP contribution in [0.4, 0.5) is 5.69 Å². The number of carbonyl (C=O) groups excluding carboxylic acids is 1. The van der Waals surface area contributed by atoms with E-state index in [2.05, 4.69) is 21.2 Å². The molecule has 1 aromatic carbocycles. The van der Waals surface area contributed by atoms with Crippen LogP contribution < -0.4 is 5.32 Å². The summed E-state index contributed by atoms with van der Waals surface area (Å²) in [5.41, 5.74) is -0.789. The van der Waals surface area contributed by atoms with Crippen molar-refractivity contribution < 1.29 is 14.8 Å². The molecule has 98 valence electrons. The maximum Gasteiger partial charge on any atom is 0.271 e. The number of benzene rings is 1. The highest BCUT2D eigenvalue weighted by atomic mass is 79.9. The first kappa shape index (κ1) is 14.6. The average Bonchev–Trinajstić information content (AvgIpc) is 2.27. The van der Waals surface area contributed by atoms with Crippen molar-refractivity contribution >= 4 is 27.5 Å². The van der Waals surface area contributed by atoms with E-state index in [1.165, 1.54) is 18.2 Å². The van der Waals surface area contributed by atoms with E-state index in [-0.39, 0.29) is 17.9 Å². The summed E-state index contributed by atoms with van der Waals surface area (Å²) < 4.78 is 0.448. The highest BCUT2D eigenvalue weighted by molar-refractivity contribution is 9.10. The molecule has 0 unspecified atom stereocenters. The maximum absolute atomic E-state index is 11.9. The number of aliphatic hydroxyl groups excluding tert-OH is 1. The average molecular weight is 317 g/mol. The molecule has 0 heterocycles. The van der Waals surface area contributed by atoms with Gasteiger partial charge in [-0.15, -0.1) is 0 Å². The first-order chi connectivity index (χ1) is 8.25. The van der Waals surface area contributed by atoms with Gasteiger partial charge in [-0.05, 0) is 19.9 Å². The zero-order valence-electron chi connectivity index (χ0n) is 9.94. The summed E-state index contributed by atoms with van der Waals surface area (Å²) in [5.74, 6) is -0.474. The maximum atomic E-state index is 11.9. The fourth-order valence-electron chi connectivity index (χ4n) is 1.23. The van der Waals surface area contributed by atoms with Crippen molar-refractivity contribution in [2.24, 2.45) is 0 Å². The molecule has 0 fully saturated rings. The Morgan fingerprint density at radius 2 is 2.11 bits per heavy atom. The Balaban J connectivity index is 3.03. The zero-order valence-corrected chi connectivity index (χ0v) is 11.5. The first-order valence-corrected chi connectivity index (χ1v) is 5.93. The van der Waals surface area contributed by atoms with Gasteiger partial charge in [-0.3, -0.25) is 14.9 Å². The van der Waals surface area contributed by atoms with E-state index in [9.17, 15) is 14.9 Å². The molecule has 2 N–H and O–H groups in total. The molecule has 0 aliphatic heterocycles. The Hall–Kier alpha value is -1.47. The van der Waals surface area contributed by atoms with Gasteiger partial charge in [-0.1, -0.05) is 15.9 Å². The molecule has 1 rings (SSSR count). The van der Waals surface area contributed by atoms with E-state index in [0.717, 1.165) is 0 Å². The van der Waals surface area contributed by atoms with Crippen molar-refractivity contribution in [1.29, 1.82) is 0 Å². The molecule has 0 aliphatic rings. The van der Waals surface area contributed by atoms with Gasteiger partial charge in [0.25, 0.3) is 11.6 Å². The van der Waals surface area contributed by atoms with Crippen LogP contribution in [0.3, 0.4) is 0 Å². The van der Waals surface area contributed by atoms with Crippen LogP contribution in [0.5, 0.6) is 0 Å². The summed E-state index contributed by atoms with van der Waals surface area (Å²) in [4.78, 5) is 22.0. The number of nitro groups is 1. The van der Waals surface area contributed by atoms with Crippen molar-refractivity contribution in [2.45, 2.75) is 19.4 Å². The predicted molar refractivity (Wildman–Crippen MR) is 69.4 cm³/mol. The first-order valence-electron chi connectivity index (χ1n) is 5.13. The van der Waals surface area contributed by atoms with Crippen LogP contribution in [-0.2, 0) is 0 Å². The molecule has 0 aromatic heterocycles. The van der Waals surface area contributed by atoms with Crippen molar-refractivity contribution in [1.82, 2.24) is 5.32 Å². The van der Waals surface area contributed by atoms with Crippen molar-refractivity contribution in [3.8, 4) is 0 Å². The predicted octanol–water partition coefficient (Wildman–Crippen LogP) is 1.86. The number of halogens is 1. The third kappa shape index (κ3) is 3.78. The summed E-state index contributed by atoms with van der Waals surface area (Å²) in [6, 6.07) is 3.98. The fourth-order valence-corrected chi connectivity index (χ4v) is 1.71. The minimum Gasteiger partial charge on any atom is -0.394 e. The number of aliphatic hydroxyl groups is 1. The molecule has 0 saturated carbocycles. The number of nitrogens with zero attached hydrogens (tertiary/aromatic N) is 1. The van der Waals surface area contributed by atoms with Gasteiger partial charge >= 0.3 is 0 Å². The standard InChI is InChI=1S/C11H13BrN2O4/c1-11(2,6-15)13-10(16)7-3-8(12)5-9(4-7)14(17)18/h3-5,15H,6H2,1-2H3,(H,13,16). The molecule has 1 amide bonds. The number of hydrogen-bond acceptors (Lipinski definition) is 4. The van der Waals surface area contributed by atoms with Crippen LogP contribution in [0.2, 0.25) is 0 Å². The lowest BCUT2D eigenvalue weighted by molar-refractivity contribution is -0.385. The highest BCUT2D eigenvalue weighted by Gasteiger charge is 2.21. The SMILES string of the molecule is CC(C)(CO)NC(=O)c1cc(Br)cc([N+](=O)[O-])c1. The number of nitro benzene ring substituents is 1. The Morgan fingerprint density at radius 3 is 2.61 bits per heavy atom. The quantitative estimate of drug-likeness (QED) is 0.655. The van der Waals surface area contributed by atoms with Gasteiger partial charge in [-0.2, -0.15) is 0 Å². The number of nitrogens with one attached hydrogen (secondary N) is 1. The number of non-ortho nitro benzene ring substituents is 1. The van der Waals surface area contributed by atoms with E-state index in [4.69, 9.17) is 5.11 Å². The second-order valence-electron chi connectivity index (χ2n) is 4.45. The van der Waals surface area contributed by atoms with E-state index in [1.807, 2.05) is 0 Å². The van der Waals surface area contributed by atoms with Crippen LogP contribution in [-0.4, -0.2) is 28.1 Å². The third-order valence-electron chi connectivity index (χ3n) is 2.20. The van der Waals surface area contributed by atoms with Crippen LogP contribution in [0.15, 0.2) is 22.7 Å². The topological polar surface area (TPSA) is 92.5 Å². The Kier molecular flexibility index (Phi) is 4.42. The van der Waals surface area contributed by atoms with Gasteiger partial charge in [0.2, 0.25) is 0 Å². The Morgan fingerprint density at radius 1 is 1.50 bits per heavy atom. The van der Waals surface area contributed by atoms with Crippen LogP contribution in [0, 0.1) is 10.1 Å². The van der Waals surface area contributed by atoms with Crippen LogP contribution >= 0.6 is 15.9 Å². The molecular formula is C11H13BrN2O4. The van der Waals surface area contributed by atoms with E-state index in [1.54, 1.807) is 13.8 Å². The largest absolute Gasteiger partial charge is 0.394 e. The molecular weight excluding hydrogens is 304 g/mol. The number of amides is 1. The Bertz CT molecular complexity index is 488. The van der Waals surface area contributed by atoms with Gasteiger partial charge in [0.05, 0.1) is 17.1 Å². The van der Waals surface area contributed by atoms with E-state index >= 15 is 0 Å². The van der Waals surface area contributed by atoms with Gasteiger partial charge in [-0.25, -0.2) is 0 Å². The molecule has 0 saturated heterocycles. The summed E-state index contributed by atoms with van der Waals surface area (Å²) in [6.45, 7) is 3.07. The lowest BCUT2D eigenvalue weighted by Gasteiger charge is -2.23. The minimum atomic E-state index is -0.784. The molecule has 0 atom stereocenters. The smallest absolute Gasteiger partial charge is 0.271 e. The number of hydrogen-bond donors (Lipinski definition) is 2. The summed E-state index contributed by atoms with van der Waals surface area (Å²) in [5, 5.41) is 22.3. The molecule has 7 heteroatoms. The molecule has 0 bridgehead atoms. The van der Waals surface area contributed by atoms with Crippen molar-refractivity contribution in [3.63, 3.8) is 0 Å². The van der Waals surface area contributed by atoms with Crippen LogP contribution in [0.1, 0.15) is 24.2 Å². The zero-order chi connectivity index (χ0) is 13.9. The van der Waals surface area contributed by atoms with Crippen molar-refractivity contribution in [3.05, 3.63) is 38.3 Å². The second kappa shape index (κ2) is 5.45. The third-order valence-corrected chi connectivity index (χ3v) is 2.66. The summed E-state index contributed by atoms with van der Waals surface area (Å²) in [6.07, 6.45) is 0. The van der Waals surface area contributed by atoms with Crippen molar-refractivity contribution in [2.75, 3.05) is 6.61 Å². The van der Waals surface area contributed by atoms with Gasteiger partial charge in [0.15, 0.2) is 0 Å². The van der Waals surface area contributed by atoms with E-state index < -0.39 is 16.4 Å². The van der Waals surface area contributed by atoms with E-state index in [0.29, 0.717) is 4.47 Å². The summed E-state index contributed by atoms with van der Waals surface area (Å²) in [7, 11) is 0. The van der Waals surface area contributed by atoms with Crippen LogP contribution in [0.25, 0.3) is 0 Å². The normalized spacial score (nSPS) is 11.1. The molecule has 18 heavy (non-hydrogen) atoms. The Labute approximate surface area is 112 Å². The van der Waals surface area contributed by atoms with Gasteiger partial charge in [0, 0.05) is 22.2 Å². The van der Waals surface area contributed by atoms with Gasteiger partial charge < -0.3 is 10.4 Å². The van der Waals surface area contributed by atoms with Gasteiger partial charge in [0.1, 0.15) is 0 Å². The minimum absolute atomic E-state index is 0.164. The second-order valence-corrected chi connectivity index (χ2v) is 5.37. The molecule has 1 aromatic rings. The fraction of sp³-hybridized carbons (Fsp3) is 0.364. The monoisotopic (exact) mass is 316 g/mol. The molecule has 0 aliphatic carbocycles. The molecule has 0 spiro atoms. The molecule has 6 nitrogen and oxygen atoms in total.